The van der Waals surface area contributed by atoms with Crippen LogP contribution in [0, 0.1) is 0 Å². The zero-order valence-electron chi connectivity index (χ0n) is 45.4. The third-order valence-electron chi connectivity index (χ3n) is 13.4. The largest absolute Gasteiger partial charge is 0.472 e. The second kappa shape index (κ2) is 49.9. The molecule has 67 heavy (non-hydrogen) atoms. The Hall–Kier alpha value is -1.02. The lowest BCUT2D eigenvalue weighted by Crippen LogP contribution is -2.45. The molecule has 3 atom stereocenters. The van der Waals surface area contributed by atoms with Crippen LogP contribution in [0.15, 0.2) is 24.3 Å². The van der Waals surface area contributed by atoms with E-state index in [0.717, 1.165) is 38.5 Å². The molecular weight excluding hydrogens is 852 g/mol. The minimum atomic E-state index is -4.34. The molecule has 0 radical (unpaired) electrons. The second-order valence-electron chi connectivity index (χ2n) is 21.4. The summed E-state index contributed by atoms with van der Waals surface area (Å²) in [5, 5.41) is 13.9. The molecule has 0 heterocycles. The van der Waals surface area contributed by atoms with Crippen molar-refractivity contribution in [3.8, 4) is 0 Å². The zero-order chi connectivity index (χ0) is 49.2. The lowest BCUT2D eigenvalue weighted by Gasteiger charge is -2.25. The Kier molecular flexibility index (Phi) is 49.2. The van der Waals surface area contributed by atoms with Gasteiger partial charge in [0, 0.05) is 6.42 Å². The minimum absolute atomic E-state index is 0.0636. The van der Waals surface area contributed by atoms with Crippen LogP contribution in [0.25, 0.3) is 0 Å². The molecule has 0 saturated heterocycles. The number of hydrogen-bond donors (Lipinski definition) is 3. The van der Waals surface area contributed by atoms with Crippen molar-refractivity contribution in [1.29, 1.82) is 0 Å². The van der Waals surface area contributed by atoms with Gasteiger partial charge in [0.15, 0.2) is 0 Å². The lowest BCUT2D eigenvalue weighted by molar-refractivity contribution is -0.870. The second-order valence-corrected chi connectivity index (χ2v) is 22.8. The molecule has 0 aromatic heterocycles. The molecule has 1 amide bonds. The van der Waals surface area contributed by atoms with E-state index < -0.39 is 20.0 Å². The number of unbranched alkanes of at least 4 members (excludes halogenated alkanes) is 39. The number of phosphoric acid groups is 1. The molecule has 0 aliphatic rings. The van der Waals surface area contributed by atoms with E-state index in [1.807, 2.05) is 27.2 Å². The average molecular weight is 969 g/mol. The van der Waals surface area contributed by atoms with Crippen molar-refractivity contribution >= 4 is 13.7 Å². The average Bonchev–Trinajstić information content (AvgIpc) is 3.29. The number of allylic oxidation sites excluding steroid dienone is 3. The molecule has 398 valence electrons. The monoisotopic (exact) mass is 968 g/mol. The molecule has 0 aromatic rings. The first kappa shape index (κ1) is 66.0. The minimum Gasteiger partial charge on any atom is -0.387 e. The summed E-state index contributed by atoms with van der Waals surface area (Å²) in [4.78, 5) is 23.2. The number of carbonyl (C=O) groups is 1. The maximum atomic E-state index is 13.0. The molecule has 0 saturated carbocycles. The van der Waals surface area contributed by atoms with E-state index in [-0.39, 0.29) is 19.1 Å². The van der Waals surface area contributed by atoms with Crippen molar-refractivity contribution < 1.29 is 32.9 Å². The highest BCUT2D eigenvalue weighted by molar-refractivity contribution is 7.47. The third kappa shape index (κ3) is 52.6. The van der Waals surface area contributed by atoms with E-state index in [9.17, 15) is 19.4 Å². The van der Waals surface area contributed by atoms with Crippen LogP contribution in [0.3, 0.4) is 0 Å². The van der Waals surface area contributed by atoms with Crippen LogP contribution in [0.5, 0.6) is 0 Å². The van der Waals surface area contributed by atoms with Crippen LogP contribution < -0.4 is 5.32 Å². The van der Waals surface area contributed by atoms with Crippen molar-refractivity contribution in [3.05, 3.63) is 24.3 Å². The quantitative estimate of drug-likeness (QED) is 0.0243. The number of hydrogen-bond acceptors (Lipinski definition) is 5. The summed E-state index contributed by atoms with van der Waals surface area (Å²) >= 11 is 0. The van der Waals surface area contributed by atoms with E-state index in [4.69, 9.17) is 9.05 Å². The van der Waals surface area contributed by atoms with Gasteiger partial charge in [0.1, 0.15) is 13.2 Å². The Balaban J connectivity index is 4.00. The smallest absolute Gasteiger partial charge is 0.387 e. The van der Waals surface area contributed by atoms with E-state index in [1.165, 1.54) is 231 Å². The standard InChI is InChI=1S/C58H115N2O6P/c1-6-8-10-12-14-16-18-20-21-22-23-24-25-26-27-28-29-30-31-32-33-34-35-36-37-38-40-42-44-46-48-50-52-58(62)59-56(55-66-67(63,64)65-54-53-60(3,4)5)57(61)51-49-47-45-43-41-39-19-17-15-13-11-9-7-2/h26-27,49,51,56-57,61H,6-25,28-48,50,52-55H2,1-5H3,(H-,59,62,63,64)/p+1/b27-26-,51-49+. The van der Waals surface area contributed by atoms with Gasteiger partial charge in [0.25, 0.3) is 0 Å². The number of nitrogens with one attached hydrogen (secondary N) is 1. The molecule has 0 aliphatic heterocycles. The van der Waals surface area contributed by atoms with Crippen LogP contribution in [0.2, 0.25) is 0 Å². The number of phosphoric ester groups is 1. The number of amides is 1. The topological polar surface area (TPSA) is 105 Å². The van der Waals surface area contributed by atoms with Crippen molar-refractivity contribution in [3.63, 3.8) is 0 Å². The summed E-state index contributed by atoms with van der Waals surface area (Å²) in [5.74, 6) is -0.173. The summed E-state index contributed by atoms with van der Waals surface area (Å²) in [7, 11) is 1.58. The van der Waals surface area contributed by atoms with Crippen molar-refractivity contribution in [1.82, 2.24) is 5.32 Å². The highest BCUT2D eigenvalue weighted by Crippen LogP contribution is 2.43. The van der Waals surface area contributed by atoms with E-state index in [2.05, 4.69) is 31.3 Å². The molecule has 3 N–H and O–H groups in total. The molecule has 3 unspecified atom stereocenters. The maximum absolute atomic E-state index is 13.0. The van der Waals surface area contributed by atoms with Crippen molar-refractivity contribution in [2.24, 2.45) is 0 Å². The van der Waals surface area contributed by atoms with Crippen LogP contribution in [-0.4, -0.2) is 73.4 Å². The van der Waals surface area contributed by atoms with Gasteiger partial charge in [-0.2, -0.15) is 0 Å². The molecule has 9 heteroatoms. The maximum Gasteiger partial charge on any atom is 0.472 e. The molecule has 8 nitrogen and oxygen atoms in total. The van der Waals surface area contributed by atoms with Crippen molar-refractivity contribution in [2.75, 3.05) is 40.9 Å². The van der Waals surface area contributed by atoms with E-state index in [1.54, 1.807) is 6.08 Å². The van der Waals surface area contributed by atoms with Gasteiger partial charge < -0.3 is 19.8 Å². The fourth-order valence-corrected chi connectivity index (χ4v) is 9.54. The predicted molar refractivity (Wildman–Crippen MR) is 291 cm³/mol. The van der Waals surface area contributed by atoms with Crippen LogP contribution >= 0.6 is 7.82 Å². The molecule has 0 spiro atoms. The summed E-state index contributed by atoms with van der Waals surface area (Å²) in [6.07, 6.45) is 62.9. The fourth-order valence-electron chi connectivity index (χ4n) is 8.80. The van der Waals surface area contributed by atoms with Gasteiger partial charge in [-0.15, -0.1) is 0 Å². The summed E-state index contributed by atoms with van der Waals surface area (Å²) < 4.78 is 23.7. The van der Waals surface area contributed by atoms with Crippen molar-refractivity contribution in [2.45, 2.75) is 302 Å². The highest BCUT2D eigenvalue weighted by Gasteiger charge is 2.27. The van der Waals surface area contributed by atoms with Gasteiger partial charge in [0.05, 0.1) is 39.9 Å². The molecular formula is C58H116N2O6P+. The van der Waals surface area contributed by atoms with Gasteiger partial charge in [-0.05, 0) is 44.9 Å². The van der Waals surface area contributed by atoms with Gasteiger partial charge in [0.2, 0.25) is 5.91 Å². The first-order chi connectivity index (χ1) is 32.5. The number of rotatable bonds is 54. The highest BCUT2D eigenvalue weighted by atomic mass is 31.2. The lowest BCUT2D eigenvalue weighted by atomic mass is 10.0. The van der Waals surface area contributed by atoms with Gasteiger partial charge >= 0.3 is 7.82 Å². The van der Waals surface area contributed by atoms with Crippen LogP contribution in [0.1, 0.15) is 290 Å². The molecule has 0 aromatic carbocycles. The zero-order valence-corrected chi connectivity index (χ0v) is 46.3. The Labute approximate surface area is 417 Å². The third-order valence-corrected chi connectivity index (χ3v) is 14.4. The molecule has 0 fully saturated rings. The summed E-state index contributed by atoms with van der Waals surface area (Å²) in [6.45, 7) is 4.84. The Bertz CT molecular complexity index is 1140. The molecule has 0 rings (SSSR count). The number of aliphatic hydroxyl groups is 1. The summed E-state index contributed by atoms with van der Waals surface area (Å²) in [6, 6.07) is -0.843. The van der Waals surface area contributed by atoms with Crippen LogP contribution in [-0.2, 0) is 18.4 Å². The Morgan fingerprint density at radius 3 is 1.15 bits per heavy atom. The summed E-state index contributed by atoms with van der Waals surface area (Å²) in [5.41, 5.74) is 0. The number of nitrogens with zero attached hydrogens (tertiary/aromatic N) is 1. The normalized spacial score (nSPS) is 14.1. The first-order valence-corrected chi connectivity index (χ1v) is 30.7. The van der Waals surface area contributed by atoms with Crippen LogP contribution in [0.4, 0.5) is 0 Å². The Morgan fingerprint density at radius 2 is 0.806 bits per heavy atom. The van der Waals surface area contributed by atoms with Gasteiger partial charge in [-0.1, -0.05) is 263 Å². The predicted octanol–water partition coefficient (Wildman–Crippen LogP) is 17.6. The molecule has 0 aliphatic carbocycles. The number of quaternary nitrogens is 1. The SMILES string of the molecule is CCCCCCCCCCCCC/C=C/C(O)C(COP(=O)(O)OCC[N+](C)(C)C)NC(=O)CCCCCCCCCCCCCCCCCC/C=C\CCCCCCCCCCCCCC. The van der Waals surface area contributed by atoms with Gasteiger partial charge in [-0.3, -0.25) is 13.8 Å². The number of likely N-dealkylation sites (N-methyl/N-ethyl adjacent to an activating group) is 1. The molecule has 0 bridgehead atoms. The van der Waals surface area contributed by atoms with Gasteiger partial charge in [-0.25, -0.2) is 4.57 Å². The van der Waals surface area contributed by atoms with E-state index >= 15 is 0 Å². The van der Waals surface area contributed by atoms with E-state index in [0.29, 0.717) is 17.4 Å². The first-order valence-electron chi connectivity index (χ1n) is 29.2. The number of aliphatic hydroxyl groups excluding tert-OH is 1. The number of carbonyl (C=O) groups excluding carboxylic acids is 1. The fraction of sp³-hybridized carbons (Fsp3) is 0.914. The Morgan fingerprint density at radius 1 is 0.493 bits per heavy atom.